The topological polar surface area (TPSA) is 58.6 Å². The number of piperidine rings is 1. The Labute approximate surface area is 163 Å². The van der Waals surface area contributed by atoms with E-state index in [1.165, 1.54) is 0 Å². The van der Waals surface area contributed by atoms with Gasteiger partial charge < -0.3 is 15.0 Å². The van der Waals surface area contributed by atoms with Crippen LogP contribution in [0.1, 0.15) is 43.7 Å². The van der Waals surface area contributed by atoms with Gasteiger partial charge >= 0.3 is 6.18 Å². The highest BCUT2D eigenvalue weighted by Gasteiger charge is 2.28. The first-order chi connectivity index (χ1) is 13.3. The molecule has 0 saturated carbocycles. The van der Waals surface area contributed by atoms with E-state index in [1.807, 2.05) is 11.8 Å². The number of hydrogen-bond donors (Lipinski definition) is 1. The maximum atomic E-state index is 12.3. The second-order valence-corrected chi connectivity index (χ2v) is 7.05. The molecule has 1 aromatic rings. The van der Waals surface area contributed by atoms with Crippen molar-refractivity contribution in [1.29, 1.82) is 0 Å². The molecule has 0 radical (unpaired) electrons. The van der Waals surface area contributed by atoms with Gasteiger partial charge in [0.25, 0.3) is 0 Å². The molecule has 0 aromatic heterocycles. The lowest BCUT2D eigenvalue weighted by atomic mass is 9.95. The average Bonchev–Trinajstić information content (AvgIpc) is 2.66. The van der Waals surface area contributed by atoms with E-state index < -0.39 is 12.8 Å². The van der Waals surface area contributed by atoms with Gasteiger partial charge in [0.1, 0.15) is 6.61 Å². The van der Waals surface area contributed by atoms with Crippen molar-refractivity contribution in [3.05, 3.63) is 35.4 Å². The summed E-state index contributed by atoms with van der Waals surface area (Å²) in [7, 11) is 0. The summed E-state index contributed by atoms with van der Waals surface area (Å²) in [4.78, 5) is 26.0. The van der Waals surface area contributed by atoms with E-state index >= 15 is 0 Å². The van der Waals surface area contributed by atoms with Crippen LogP contribution in [0.4, 0.5) is 13.2 Å². The average molecular weight is 400 g/mol. The van der Waals surface area contributed by atoms with E-state index in [0.717, 1.165) is 12.0 Å². The molecule has 1 aromatic carbocycles. The minimum absolute atomic E-state index is 0.0276. The number of carbonyl (C=O) groups is 2. The van der Waals surface area contributed by atoms with Crippen LogP contribution in [0.3, 0.4) is 0 Å². The molecule has 1 heterocycles. The van der Waals surface area contributed by atoms with Crippen LogP contribution in [-0.4, -0.2) is 42.6 Å². The van der Waals surface area contributed by atoms with Crippen molar-refractivity contribution in [2.24, 2.45) is 5.92 Å². The molecule has 2 amide bonds. The SMILES string of the molecule is CCCC(=O)N1CCC(C(=O)NCc2ccc(COCC(F)(F)F)cc2)CC1. The first-order valence-corrected chi connectivity index (χ1v) is 9.56. The fourth-order valence-electron chi connectivity index (χ4n) is 3.13. The van der Waals surface area contributed by atoms with Gasteiger partial charge in [-0.15, -0.1) is 0 Å². The summed E-state index contributed by atoms with van der Waals surface area (Å²) in [6.45, 7) is 2.18. The van der Waals surface area contributed by atoms with Crippen molar-refractivity contribution in [3.63, 3.8) is 0 Å². The molecule has 28 heavy (non-hydrogen) atoms. The predicted molar refractivity (Wildman–Crippen MR) is 98.2 cm³/mol. The van der Waals surface area contributed by atoms with Gasteiger partial charge in [-0.1, -0.05) is 31.2 Å². The van der Waals surface area contributed by atoms with E-state index in [4.69, 9.17) is 0 Å². The van der Waals surface area contributed by atoms with Gasteiger partial charge in [0.05, 0.1) is 6.61 Å². The standard InChI is InChI=1S/C20H27F3N2O3/c1-2-3-18(26)25-10-8-17(9-11-25)19(27)24-12-15-4-6-16(7-5-15)13-28-14-20(21,22)23/h4-7,17H,2-3,8-14H2,1H3,(H,24,27). The van der Waals surface area contributed by atoms with Crippen molar-refractivity contribution in [3.8, 4) is 0 Å². The number of hydrogen-bond acceptors (Lipinski definition) is 3. The summed E-state index contributed by atoms with van der Waals surface area (Å²) in [6, 6.07) is 6.91. The summed E-state index contributed by atoms with van der Waals surface area (Å²) >= 11 is 0. The molecule has 0 bridgehead atoms. The second kappa shape index (κ2) is 10.5. The number of rotatable bonds is 8. The highest BCUT2D eigenvalue weighted by atomic mass is 19.4. The lowest BCUT2D eigenvalue weighted by molar-refractivity contribution is -0.176. The summed E-state index contributed by atoms with van der Waals surface area (Å²) < 4.78 is 40.8. The quantitative estimate of drug-likeness (QED) is 0.728. The van der Waals surface area contributed by atoms with Crippen LogP contribution in [0.15, 0.2) is 24.3 Å². The molecule has 1 aliphatic rings. The number of nitrogens with one attached hydrogen (secondary N) is 1. The maximum Gasteiger partial charge on any atom is 0.411 e. The molecule has 0 spiro atoms. The highest BCUT2D eigenvalue weighted by Crippen LogP contribution is 2.19. The van der Waals surface area contributed by atoms with E-state index in [-0.39, 0.29) is 24.3 Å². The van der Waals surface area contributed by atoms with Gasteiger partial charge in [0.2, 0.25) is 11.8 Å². The van der Waals surface area contributed by atoms with Crippen molar-refractivity contribution in [1.82, 2.24) is 10.2 Å². The smallest absolute Gasteiger partial charge is 0.367 e. The Balaban J connectivity index is 1.71. The van der Waals surface area contributed by atoms with Crippen molar-refractivity contribution in [2.45, 2.75) is 51.9 Å². The Hall–Kier alpha value is -2.09. The summed E-state index contributed by atoms with van der Waals surface area (Å²) in [5.41, 5.74) is 1.51. The number of nitrogens with zero attached hydrogens (tertiary/aromatic N) is 1. The van der Waals surface area contributed by atoms with Crippen LogP contribution < -0.4 is 5.32 Å². The highest BCUT2D eigenvalue weighted by molar-refractivity contribution is 5.80. The number of likely N-dealkylation sites (tertiary alicyclic amines) is 1. The van der Waals surface area contributed by atoms with Crippen LogP contribution >= 0.6 is 0 Å². The molecule has 5 nitrogen and oxygen atoms in total. The predicted octanol–water partition coefficient (Wildman–Crippen LogP) is 3.42. The summed E-state index contributed by atoms with van der Waals surface area (Å²) in [5.74, 6) is 0.0292. The van der Waals surface area contributed by atoms with E-state index in [2.05, 4.69) is 10.1 Å². The number of amides is 2. The van der Waals surface area contributed by atoms with Gasteiger partial charge in [-0.25, -0.2) is 0 Å². The molecule has 1 N–H and O–H groups in total. The Morgan fingerprint density at radius 3 is 2.32 bits per heavy atom. The number of alkyl halides is 3. The molecule has 0 atom stereocenters. The lowest BCUT2D eigenvalue weighted by Gasteiger charge is -2.31. The maximum absolute atomic E-state index is 12.3. The Bertz CT molecular complexity index is 639. The number of ether oxygens (including phenoxy) is 1. The zero-order valence-electron chi connectivity index (χ0n) is 16.1. The molecule has 0 unspecified atom stereocenters. The molecule has 1 saturated heterocycles. The summed E-state index contributed by atoms with van der Waals surface area (Å²) in [6.07, 6.45) is -1.63. The summed E-state index contributed by atoms with van der Waals surface area (Å²) in [5, 5.41) is 2.90. The van der Waals surface area contributed by atoms with Crippen molar-refractivity contribution >= 4 is 11.8 Å². The van der Waals surface area contributed by atoms with E-state index in [9.17, 15) is 22.8 Å². The third-order valence-corrected chi connectivity index (χ3v) is 4.71. The molecule has 1 aliphatic heterocycles. The third kappa shape index (κ3) is 7.50. The van der Waals surface area contributed by atoms with Gasteiger partial charge in [-0.2, -0.15) is 13.2 Å². The minimum Gasteiger partial charge on any atom is -0.367 e. The molecule has 8 heteroatoms. The number of benzene rings is 1. The van der Waals surface area contributed by atoms with Crippen LogP contribution in [-0.2, 0) is 27.5 Å². The van der Waals surface area contributed by atoms with Gasteiger partial charge in [-0.05, 0) is 30.4 Å². The number of carbonyl (C=O) groups excluding carboxylic acids is 2. The fourth-order valence-corrected chi connectivity index (χ4v) is 3.13. The molecule has 1 fully saturated rings. The monoisotopic (exact) mass is 400 g/mol. The van der Waals surface area contributed by atoms with Crippen molar-refractivity contribution in [2.75, 3.05) is 19.7 Å². The Morgan fingerprint density at radius 1 is 1.14 bits per heavy atom. The molecule has 0 aliphatic carbocycles. The van der Waals surface area contributed by atoms with E-state index in [1.54, 1.807) is 24.3 Å². The van der Waals surface area contributed by atoms with E-state index in [0.29, 0.717) is 44.5 Å². The third-order valence-electron chi connectivity index (χ3n) is 4.71. The van der Waals surface area contributed by atoms with Gasteiger partial charge in [0.15, 0.2) is 0 Å². The number of halogens is 3. The van der Waals surface area contributed by atoms with Crippen LogP contribution in [0, 0.1) is 5.92 Å². The zero-order valence-corrected chi connectivity index (χ0v) is 16.1. The van der Waals surface area contributed by atoms with Gasteiger partial charge in [-0.3, -0.25) is 9.59 Å². The van der Waals surface area contributed by atoms with Crippen LogP contribution in [0.25, 0.3) is 0 Å². The minimum atomic E-state index is -4.33. The molecule has 156 valence electrons. The first kappa shape index (κ1) is 22.2. The zero-order chi connectivity index (χ0) is 20.6. The van der Waals surface area contributed by atoms with Crippen LogP contribution in [0.5, 0.6) is 0 Å². The molecule has 2 rings (SSSR count). The lowest BCUT2D eigenvalue weighted by Crippen LogP contribution is -2.42. The Morgan fingerprint density at radius 2 is 1.75 bits per heavy atom. The largest absolute Gasteiger partial charge is 0.411 e. The normalized spacial score (nSPS) is 15.5. The van der Waals surface area contributed by atoms with Gasteiger partial charge in [0, 0.05) is 32.0 Å². The Kier molecular flexibility index (Phi) is 8.29. The molecular weight excluding hydrogens is 373 g/mol. The van der Waals surface area contributed by atoms with Crippen molar-refractivity contribution < 1.29 is 27.5 Å². The van der Waals surface area contributed by atoms with Crippen LogP contribution in [0.2, 0.25) is 0 Å². The second-order valence-electron chi connectivity index (χ2n) is 7.05. The molecular formula is C20H27F3N2O3. The first-order valence-electron chi connectivity index (χ1n) is 9.56. The fraction of sp³-hybridized carbons (Fsp3) is 0.600.